The van der Waals surface area contributed by atoms with Crippen molar-refractivity contribution in [3.8, 4) is 0 Å². The van der Waals surface area contributed by atoms with E-state index in [2.05, 4.69) is 37.9 Å². The van der Waals surface area contributed by atoms with Crippen molar-refractivity contribution >= 4 is 6.09 Å². The first kappa shape index (κ1) is 25.0. The molecule has 3 saturated carbocycles. The second-order valence-corrected chi connectivity index (χ2v) is 11.6. The molecule has 3 N–H and O–H groups in total. The Balaban J connectivity index is 1.65. The Labute approximate surface area is 194 Å². The Bertz CT molecular complexity index is 761. The smallest absolute Gasteiger partial charge is 0.407 e. The Morgan fingerprint density at radius 1 is 1.25 bits per heavy atom. The van der Waals surface area contributed by atoms with E-state index in [-0.39, 0.29) is 17.0 Å². The fourth-order valence-corrected chi connectivity index (χ4v) is 6.31. The summed E-state index contributed by atoms with van der Waals surface area (Å²) in [4.78, 5) is 12.1. The average molecular weight is 446 g/mol. The lowest BCUT2D eigenvalue weighted by Gasteiger charge is -2.44. The van der Waals surface area contributed by atoms with Crippen LogP contribution < -0.4 is 5.32 Å². The molecular formula is C27H43NO4. The van der Waals surface area contributed by atoms with E-state index in [4.69, 9.17) is 4.74 Å². The van der Waals surface area contributed by atoms with Crippen molar-refractivity contribution in [1.82, 2.24) is 5.32 Å². The first-order valence-electron chi connectivity index (χ1n) is 12.3. The van der Waals surface area contributed by atoms with Crippen molar-refractivity contribution in [2.24, 2.45) is 23.2 Å². The van der Waals surface area contributed by atoms with Crippen LogP contribution in [0.15, 0.2) is 35.5 Å². The van der Waals surface area contributed by atoms with E-state index in [1.807, 2.05) is 20.8 Å². The summed E-state index contributed by atoms with van der Waals surface area (Å²) in [5.41, 5.74) is 3.07. The maximum absolute atomic E-state index is 12.1. The molecule has 0 aromatic heterocycles. The van der Waals surface area contributed by atoms with Crippen LogP contribution in [-0.4, -0.2) is 40.7 Å². The Morgan fingerprint density at radius 3 is 2.53 bits per heavy atom. The average Bonchev–Trinajstić information content (AvgIpc) is 3.04. The van der Waals surface area contributed by atoms with E-state index in [1.54, 1.807) is 0 Å². The topological polar surface area (TPSA) is 78.8 Å². The molecule has 3 rings (SSSR count). The number of ether oxygens (including phenoxy) is 1. The second kappa shape index (κ2) is 9.72. The number of allylic oxidation sites excluding steroid dienone is 3. The number of amides is 1. The highest BCUT2D eigenvalue weighted by atomic mass is 16.5. The van der Waals surface area contributed by atoms with Crippen LogP contribution in [0.3, 0.4) is 0 Å². The van der Waals surface area contributed by atoms with Gasteiger partial charge in [0, 0.05) is 5.54 Å². The molecule has 0 unspecified atom stereocenters. The fourth-order valence-electron chi connectivity index (χ4n) is 6.31. The number of hydrogen-bond donors (Lipinski definition) is 3. The molecule has 6 atom stereocenters. The molecule has 0 saturated heterocycles. The molecule has 0 heterocycles. The van der Waals surface area contributed by atoms with Crippen molar-refractivity contribution in [1.29, 1.82) is 0 Å². The predicted molar refractivity (Wildman–Crippen MR) is 128 cm³/mol. The van der Waals surface area contributed by atoms with Crippen molar-refractivity contribution in [3.63, 3.8) is 0 Å². The van der Waals surface area contributed by atoms with Gasteiger partial charge in [0.2, 0.25) is 0 Å². The number of nitrogens with one attached hydrogen (secondary N) is 1. The van der Waals surface area contributed by atoms with Gasteiger partial charge in [0.1, 0.15) is 0 Å². The third-order valence-electron chi connectivity index (χ3n) is 7.98. The summed E-state index contributed by atoms with van der Waals surface area (Å²) in [5.74, 6) is 1.41. The van der Waals surface area contributed by atoms with Gasteiger partial charge in [0.15, 0.2) is 0 Å². The number of alkyl carbamates (subject to hydrolysis) is 1. The number of aliphatic hydroxyl groups excluding tert-OH is 2. The lowest BCUT2D eigenvalue weighted by atomic mass is 9.61. The van der Waals surface area contributed by atoms with Crippen molar-refractivity contribution in [2.75, 3.05) is 6.61 Å². The molecule has 0 aromatic rings. The predicted octanol–water partition coefficient (Wildman–Crippen LogP) is 5.29. The lowest BCUT2D eigenvalue weighted by molar-refractivity contribution is 0.0545. The maximum Gasteiger partial charge on any atom is 0.407 e. The van der Waals surface area contributed by atoms with E-state index < -0.39 is 12.2 Å². The summed E-state index contributed by atoms with van der Waals surface area (Å²) in [6.07, 6.45) is 9.76. The minimum Gasteiger partial charge on any atom is -0.449 e. The van der Waals surface area contributed by atoms with E-state index in [1.165, 1.54) is 24.8 Å². The van der Waals surface area contributed by atoms with Gasteiger partial charge in [-0.05, 0) is 94.5 Å². The SMILES string of the molecule is C=C1[C@H](O)CC(=C/C=C2\CCC[C@]3(C)[C@@H]([C@H](C)COC(=O)NC(C)(C)C)CC[C@@H]23)C[C@H]1O. The second-order valence-electron chi connectivity index (χ2n) is 11.6. The molecule has 3 aliphatic rings. The van der Waals surface area contributed by atoms with Gasteiger partial charge in [-0.1, -0.05) is 43.7 Å². The normalized spacial score (nSPS) is 35.4. The van der Waals surface area contributed by atoms with Crippen LogP contribution in [0.2, 0.25) is 0 Å². The quantitative estimate of drug-likeness (QED) is 0.514. The van der Waals surface area contributed by atoms with Gasteiger partial charge in [0.25, 0.3) is 0 Å². The van der Waals surface area contributed by atoms with Crippen LogP contribution in [0, 0.1) is 23.2 Å². The molecule has 3 aliphatic carbocycles. The first-order valence-corrected chi connectivity index (χ1v) is 12.3. The van der Waals surface area contributed by atoms with Crippen molar-refractivity contribution < 1.29 is 19.7 Å². The third kappa shape index (κ3) is 5.66. The van der Waals surface area contributed by atoms with Crippen LogP contribution in [0.1, 0.15) is 79.6 Å². The molecule has 180 valence electrons. The van der Waals surface area contributed by atoms with Gasteiger partial charge in [-0.2, -0.15) is 0 Å². The number of carbonyl (C=O) groups is 1. The molecule has 0 radical (unpaired) electrons. The molecule has 32 heavy (non-hydrogen) atoms. The van der Waals surface area contributed by atoms with Crippen LogP contribution >= 0.6 is 0 Å². The van der Waals surface area contributed by atoms with Crippen LogP contribution in [-0.2, 0) is 4.74 Å². The number of aliphatic hydroxyl groups is 2. The summed E-state index contributed by atoms with van der Waals surface area (Å²) in [6, 6.07) is 0. The first-order chi connectivity index (χ1) is 14.9. The van der Waals surface area contributed by atoms with Crippen molar-refractivity contribution in [2.45, 2.75) is 97.3 Å². The summed E-state index contributed by atoms with van der Waals surface area (Å²) in [7, 11) is 0. The highest BCUT2D eigenvalue weighted by Crippen LogP contribution is 2.59. The Morgan fingerprint density at radius 2 is 1.91 bits per heavy atom. The summed E-state index contributed by atoms with van der Waals surface area (Å²) >= 11 is 0. The molecule has 1 amide bonds. The zero-order valence-electron chi connectivity index (χ0n) is 20.6. The largest absolute Gasteiger partial charge is 0.449 e. The number of hydrogen-bond acceptors (Lipinski definition) is 4. The van der Waals surface area contributed by atoms with Gasteiger partial charge < -0.3 is 20.3 Å². The van der Waals surface area contributed by atoms with E-state index >= 15 is 0 Å². The minimum atomic E-state index is -0.646. The summed E-state index contributed by atoms with van der Waals surface area (Å²) in [5, 5.41) is 23.1. The summed E-state index contributed by atoms with van der Waals surface area (Å²) < 4.78 is 5.57. The third-order valence-corrected chi connectivity index (χ3v) is 7.98. The number of fused-ring (bicyclic) bond motifs is 1. The number of carbonyl (C=O) groups excluding carboxylic acids is 1. The van der Waals surface area contributed by atoms with Crippen LogP contribution in [0.5, 0.6) is 0 Å². The van der Waals surface area contributed by atoms with Gasteiger partial charge in [0.05, 0.1) is 18.8 Å². The Hall–Kier alpha value is -1.59. The number of rotatable bonds is 4. The van der Waals surface area contributed by atoms with Gasteiger partial charge in [-0.25, -0.2) is 4.79 Å². The van der Waals surface area contributed by atoms with Crippen molar-refractivity contribution in [3.05, 3.63) is 35.5 Å². The Kier molecular flexibility index (Phi) is 7.61. The van der Waals surface area contributed by atoms with Crippen LogP contribution in [0.25, 0.3) is 0 Å². The van der Waals surface area contributed by atoms with Gasteiger partial charge in [-0.15, -0.1) is 0 Å². The van der Waals surface area contributed by atoms with Gasteiger partial charge in [-0.3, -0.25) is 0 Å². The lowest BCUT2D eigenvalue weighted by Crippen LogP contribution is -2.42. The molecular weight excluding hydrogens is 402 g/mol. The van der Waals surface area contributed by atoms with E-state index in [9.17, 15) is 15.0 Å². The van der Waals surface area contributed by atoms with E-state index in [0.717, 1.165) is 18.4 Å². The monoisotopic (exact) mass is 445 g/mol. The van der Waals surface area contributed by atoms with E-state index in [0.29, 0.717) is 42.8 Å². The molecule has 0 bridgehead atoms. The fraction of sp³-hybridized carbons (Fsp3) is 0.741. The highest BCUT2D eigenvalue weighted by molar-refractivity contribution is 5.68. The van der Waals surface area contributed by atoms with Gasteiger partial charge >= 0.3 is 6.09 Å². The zero-order valence-corrected chi connectivity index (χ0v) is 20.6. The molecule has 3 fully saturated rings. The van der Waals surface area contributed by atoms with Crippen LogP contribution in [0.4, 0.5) is 4.79 Å². The standard InChI is InChI=1S/C27H43NO4/c1-17(16-32-25(31)28-26(3,4)5)21-11-12-22-20(8-7-13-27(21,22)6)10-9-19-14-23(29)18(2)24(30)15-19/h9-10,17,21-24,29-30H,2,7-8,11-16H2,1,3-6H3,(H,28,31)/b20-10+/t17-,21-,22+,23-,24-,27-/m1/s1. The molecule has 5 nitrogen and oxygen atoms in total. The zero-order chi connectivity index (χ0) is 23.7. The highest BCUT2D eigenvalue weighted by Gasteiger charge is 2.50. The molecule has 0 aliphatic heterocycles. The molecule has 0 spiro atoms. The molecule has 5 heteroatoms. The molecule has 0 aromatic carbocycles. The summed E-state index contributed by atoms with van der Waals surface area (Å²) in [6.45, 7) is 14.8. The minimum absolute atomic E-state index is 0.228. The maximum atomic E-state index is 12.1.